The van der Waals surface area contributed by atoms with E-state index in [9.17, 15) is 13.5 Å². The SMILES string of the molecule is CCC(O)c1ccccc1SCCS(C)(=O)=O. The van der Waals surface area contributed by atoms with E-state index in [2.05, 4.69) is 0 Å². The van der Waals surface area contributed by atoms with Gasteiger partial charge in [0.2, 0.25) is 0 Å². The van der Waals surface area contributed by atoms with Crippen LogP contribution in [0.15, 0.2) is 29.2 Å². The zero-order chi connectivity index (χ0) is 12.9. The molecule has 0 saturated carbocycles. The second kappa shape index (κ2) is 6.42. The number of aliphatic hydroxyl groups excluding tert-OH is 1. The second-order valence-corrected chi connectivity index (χ2v) is 7.34. The van der Waals surface area contributed by atoms with E-state index in [1.807, 2.05) is 31.2 Å². The zero-order valence-electron chi connectivity index (χ0n) is 10.1. The van der Waals surface area contributed by atoms with Crippen molar-refractivity contribution in [2.75, 3.05) is 17.8 Å². The Morgan fingerprint density at radius 3 is 2.59 bits per heavy atom. The van der Waals surface area contributed by atoms with Crippen LogP contribution >= 0.6 is 11.8 Å². The Hall–Kier alpha value is -0.520. The highest BCUT2D eigenvalue weighted by atomic mass is 32.2. The van der Waals surface area contributed by atoms with Gasteiger partial charge in [0.05, 0.1) is 11.9 Å². The molecule has 1 unspecified atom stereocenters. The third kappa shape index (κ3) is 5.10. The van der Waals surface area contributed by atoms with E-state index in [4.69, 9.17) is 0 Å². The lowest BCUT2D eigenvalue weighted by Gasteiger charge is -2.13. The highest BCUT2D eigenvalue weighted by Crippen LogP contribution is 2.28. The molecule has 0 fully saturated rings. The number of benzene rings is 1. The Balaban J connectivity index is 2.70. The number of aliphatic hydroxyl groups is 1. The minimum absolute atomic E-state index is 0.161. The maximum Gasteiger partial charge on any atom is 0.148 e. The molecule has 0 heterocycles. The van der Waals surface area contributed by atoms with Gasteiger partial charge in [-0.25, -0.2) is 8.42 Å². The van der Waals surface area contributed by atoms with Gasteiger partial charge in [0.25, 0.3) is 0 Å². The molecule has 0 amide bonds. The molecule has 17 heavy (non-hydrogen) atoms. The molecule has 0 saturated heterocycles. The summed E-state index contributed by atoms with van der Waals surface area (Å²) in [6.07, 6.45) is 1.42. The fourth-order valence-electron chi connectivity index (χ4n) is 1.41. The fourth-order valence-corrected chi connectivity index (χ4v) is 3.72. The van der Waals surface area contributed by atoms with E-state index in [1.165, 1.54) is 18.0 Å². The van der Waals surface area contributed by atoms with Gasteiger partial charge in [-0.2, -0.15) is 0 Å². The van der Waals surface area contributed by atoms with Crippen molar-refractivity contribution in [3.8, 4) is 0 Å². The molecule has 0 aliphatic rings. The van der Waals surface area contributed by atoms with Crippen LogP contribution in [-0.4, -0.2) is 31.3 Å². The molecule has 1 N–H and O–H groups in total. The largest absolute Gasteiger partial charge is 0.388 e. The van der Waals surface area contributed by atoms with Crippen molar-refractivity contribution in [3.05, 3.63) is 29.8 Å². The van der Waals surface area contributed by atoms with Gasteiger partial charge in [-0.05, 0) is 18.1 Å². The summed E-state index contributed by atoms with van der Waals surface area (Å²) in [5, 5.41) is 9.84. The van der Waals surface area contributed by atoms with Crippen molar-refractivity contribution in [1.82, 2.24) is 0 Å². The normalized spacial score (nSPS) is 13.6. The van der Waals surface area contributed by atoms with Gasteiger partial charge in [-0.3, -0.25) is 0 Å². The lowest BCUT2D eigenvalue weighted by atomic mass is 10.1. The molecule has 5 heteroatoms. The maximum absolute atomic E-state index is 11.0. The summed E-state index contributed by atoms with van der Waals surface area (Å²) in [7, 11) is -2.92. The first-order chi connectivity index (χ1) is 7.94. The van der Waals surface area contributed by atoms with E-state index in [0.717, 1.165) is 10.5 Å². The van der Waals surface area contributed by atoms with Crippen molar-refractivity contribution >= 4 is 21.6 Å². The average Bonchev–Trinajstić information content (AvgIpc) is 2.27. The molecule has 0 bridgehead atoms. The van der Waals surface area contributed by atoms with E-state index in [-0.39, 0.29) is 5.75 Å². The van der Waals surface area contributed by atoms with E-state index in [1.54, 1.807) is 0 Å². The van der Waals surface area contributed by atoms with Crippen molar-refractivity contribution in [1.29, 1.82) is 0 Å². The van der Waals surface area contributed by atoms with Gasteiger partial charge in [-0.15, -0.1) is 11.8 Å². The summed E-state index contributed by atoms with van der Waals surface area (Å²) in [6, 6.07) is 7.58. The smallest absolute Gasteiger partial charge is 0.148 e. The Morgan fingerprint density at radius 2 is 2.00 bits per heavy atom. The monoisotopic (exact) mass is 274 g/mol. The highest BCUT2D eigenvalue weighted by Gasteiger charge is 2.11. The molecule has 1 rings (SSSR count). The molecular weight excluding hydrogens is 256 g/mol. The topological polar surface area (TPSA) is 54.4 Å². The van der Waals surface area contributed by atoms with Gasteiger partial charge in [-0.1, -0.05) is 25.1 Å². The molecule has 96 valence electrons. The van der Waals surface area contributed by atoms with E-state index in [0.29, 0.717) is 12.2 Å². The first-order valence-corrected chi connectivity index (χ1v) is 8.56. The average molecular weight is 274 g/mol. The lowest BCUT2D eigenvalue weighted by Crippen LogP contribution is -2.05. The number of sulfone groups is 1. The van der Waals surface area contributed by atoms with Crippen LogP contribution in [0.4, 0.5) is 0 Å². The predicted molar refractivity (Wildman–Crippen MR) is 72.1 cm³/mol. The number of hydrogen-bond acceptors (Lipinski definition) is 4. The molecule has 1 aromatic rings. The van der Waals surface area contributed by atoms with Crippen LogP contribution in [0.1, 0.15) is 25.0 Å². The van der Waals surface area contributed by atoms with Crippen LogP contribution in [0.2, 0.25) is 0 Å². The van der Waals surface area contributed by atoms with Crippen LogP contribution in [0, 0.1) is 0 Å². The van der Waals surface area contributed by atoms with Crippen molar-refractivity contribution in [2.45, 2.75) is 24.3 Å². The third-order valence-electron chi connectivity index (χ3n) is 2.38. The Bertz CT molecular complexity index is 455. The first kappa shape index (κ1) is 14.5. The molecule has 0 spiro atoms. The summed E-state index contributed by atoms with van der Waals surface area (Å²) >= 11 is 1.48. The lowest BCUT2D eigenvalue weighted by molar-refractivity contribution is 0.171. The maximum atomic E-state index is 11.0. The van der Waals surface area contributed by atoms with Gasteiger partial charge < -0.3 is 5.11 Å². The van der Waals surface area contributed by atoms with Crippen LogP contribution in [0.25, 0.3) is 0 Å². The molecule has 1 atom stereocenters. The minimum atomic E-state index is -2.92. The highest BCUT2D eigenvalue weighted by molar-refractivity contribution is 8.00. The van der Waals surface area contributed by atoms with Gasteiger partial charge >= 0.3 is 0 Å². The number of thioether (sulfide) groups is 1. The molecule has 1 aromatic carbocycles. The molecule has 3 nitrogen and oxygen atoms in total. The number of rotatable bonds is 6. The fraction of sp³-hybridized carbons (Fsp3) is 0.500. The van der Waals surface area contributed by atoms with Gasteiger partial charge in [0.15, 0.2) is 0 Å². The van der Waals surface area contributed by atoms with Crippen LogP contribution in [-0.2, 0) is 9.84 Å². The standard InChI is InChI=1S/C12H18O3S2/c1-3-11(13)10-6-4-5-7-12(10)16-8-9-17(2,14)15/h4-7,11,13H,3,8-9H2,1-2H3. The summed E-state index contributed by atoms with van der Waals surface area (Å²) in [4.78, 5) is 0.963. The molecule has 0 aliphatic carbocycles. The van der Waals surface area contributed by atoms with Crippen LogP contribution < -0.4 is 0 Å². The molecule has 0 radical (unpaired) electrons. The molecular formula is C12H18O3S2. The number of hydrogen-bond donors (Lipinski definition) is 1. The summed E-state index contributed by atoms with van der Waals surface area (Å²) < 4.78 is 22.1. The van der Waals surface area contributed by atoms with Crippen molar-refractivity contribution in [2.24, 2.45) is 0 Å². The van der Waals surface area contributed by atoms with Gasteiger partial charge in [0, 0.05) is 16.9 Å². The Labute approximate surface area is 107 Å². The molecule has 0 aliphatic heterocycles. The third-order valence-corrected chi connectivity index (χ3v) is 4.67. The van der Waals surface area contributed by atoms with Gasteiger partial charge in [0.1, 0.15) is 9.84 Å². The van der Waals surface area contributed by atoms with Crippen LogP contribution in [0.3, 0.4) is 0 Å². The Kier molecular flexibility index (Phi) is 5.49. The summed E-state index contributed by atoms with van der Waals surface area (Å²) in [5.41, 5.74) is 0.883. The summed E-state index contributed by atoms with van der Waals surface area (Å²) in [5.74, 6) is 0.681. The molecule has 0 aromatic heterocycles. The van der Waals surface area contributed by atoms with E-state index >= 15 is 0 Å². The van der Waals surface area contributed by atoms with Crippen molar-refractivity contribution < 1.29 is 13.5 Å². The van der Waals surface area contributed by atoms with Crippen LogP contribution in [0.5, 0.6) is 0 Å². The first-order valence-electron chi connectivity index (χ1n) is 5.51. The quantitative estimate of drug-likeness (QED) is 0.809. The zero-order valence-corrected chi connectivity index (χ0v) is 11.7. The minimum Gasteiger partial charge on any atom is -0.388 e. The summed E-state index contributed by atoms with van der Waals surface area (Å²) in [6.45, 7) is 1.92. The predicted octanol–water partition coefficient (Wildman–Crippen LogP) is 2.27. The second-order valence-electron chi connectivity index (χ2n) is 3.94. The van der Waals surface area contributed by atoms with Crippen molar-refractivity contribution in [3.63, 3.8) is 0 Å². The van der Waals surface area contributed by atoms with E-state index < -0.39 is 15.9 Å². The Morgan fingerprint density at radius 1 is 1.35 bits per heavy atom.